The Morgan fingerprint density at radius 3 is 2.60 bits per heavy atom. The Morgan fingerprint density at radius 2 is 2.00 bits per heavy atom. The molecule has 2 N–H and O–H groups in total. The first-order valence-corrected chi connectivity index (χ1v) is 6.99. The molecule has 0 atom stereocenters. The summed E-state index contributed by atoms with van der Waals surface area (Å²) in [5.74, 6) is 0.789. The van der Waals surface area contributed by atoms with Crippen molar-refractivity contribution in [1.82, 2.24) is 15.6 Å². The first-order chi connectivity index (χ1) is 9.28. The van der Waals surface area contributed by atoms with Gasteiger partial charge in [0.2, 0.25) is 0 Å². The Bertz CT molecular complexity index is 539. The molecule has 2 heterocycles. The number of thiophene rings is 1. The van der Waals surface area contributed by atoms with Crippen molar-refractivity contribution in [3.8, 4) is 0 Å². The molecule has 0 aliphatic heterocycles. The Balaban J connectivity index is 0.00000200. The summed E-state index contributed by atoms with van der Waals surface area (Å²) in [5.41, 5.74) is 0.998. The maximum atomic E-state index is 4.26. The average Bonchev–Trinajstić information content (AvgIpc) is 2.86. The number of nitrogens with one attached hydrogen (secondary N) is 2. The predicted octanol–water partition coefficient (Wildman–Crippen LogP) is 2.93. The molecule has 108 valence electrons. The molecule has 0 spiro atoms. The lowest BCUT2D eigenvalue weighted by Crippen LogP contribution is -2.36. The van der Waals surface area contributed by atoms with E-state index in [4.69, 9.17) is 0 Å². The van der Waals surface area contributed by atoms with E-state index in [0.29, 0.717) is 6.54 Å². The lowest BCUT2D eigenvalue weighted by molar-refractivity contribution is 0.799. The van der Waals surface area contributed by atoms with Gasteiger partial charge in [-0.1, -0.05) is 6.07 Å². The molecule has 0 fully saturated rings. The molecule has 0 unspecified atom stereocenters. The van der Waals surface area contributed by atoms with Crippen molar-refractivity contribution in [2.45, 2.75) is 20.0 Å². The Hall–Kier alpha value is -1.15. The monoisotopic (exact) mass is 402 g/mol. The van der Waals surface area contributed by atoms with E-state index in [1.165, 1.54) is 9.75 Å². The van der Waals surface area contributed by atoms with Crippen LogP contribution in [0.2, 0.25) is 0 Å². The molecule has 2 aromatic heterocycles. The first-order valence-electron chi connectivity index (χ1n) is 6.17. The highest BCUT2D eigenvalue weighted by Crippen LogP contribution is 2.14. The number of hydrogen-bond donors (Lipinski definition) is 2. The van der Waals surface area contributed by atoms with Crippen LogP contribution in [0.25, 0.3) is 0 Å². The highest BCUT2D eigenvalue weighted by atomic mass is 127. The van der Waals surface area contributed by atoms with Crippen LogP contribution in [0.3, 0.4) is 0 Å². The zero-order chi connectivity index (χ0) is 13.5. The first kappa shape index (κ1) is 16.9. The predicted molar refractivity (Wildman–Crippen MR) is 95.7 cm³/mol. The van der Waals surface area contributed by atoms with Gasteiger partial charge in [-0.05, 0) is 31.2 Å². The quantitative estimate of drug-likeness (QED) is 0.470. The van der Waals surface area contributed by atoms with Crippen LogP contribution in [0.1, 0.15) is 15.4 Å². The second kappa shape index (κ2) is 8.91. The molecule has 2 rings (SSSR count). The zero-order valence-corrected chi connectivity index (χ0v) is 14.7. The van der Waals surface area contributed by atoms with Gasteiger partial charge >= 0.3 is 0 Å². The van der Waals surface area contributed by atoms with Crippen LogP contribution in [-0.2, 0) is 13.1 Å². The highest BCUT2D eigenvalue weighted by molar-refractivity contribution is 14.0. The number of aliphatic imine (C=N–C) groups is 1. The molecule has 0 bridgehead atoms. The molecule has 0 radical (unpaired) electrons. The average molecular weight is 402 g/mol. The van der Waals surface area contributed by atoms with Gasteiger partial charge in [0, 0.05) is 23.0 Å². The molecule has 0 saturated carbocycles. The number of aromatic nitrogens is 1. The van der Waals surface area contributed by atoms with E-state index in [1.807, 2.05) is 18.2 Å². The minimum atomic E-state index is 0. The van der Waals surface area contributed by atoms with Gasteiger partial charge in [0.15, 0.2) is 5.96 Å². The van der Waals surface area contributed by atoms with Gasteiger partial charge in [0.05, 0.1) is 18.8 Å². The maximum Gasteiger partial charge on any atom is 0.191 e. The van der Waals surface area contributed by atoms with Gasteiger partial charge in [0.1, 0.15) is 0 Å². The molecule has 6 heteroatoms. The summed E-state index contributed by atoms with van der Waals surface area (Å²) < 4.78 is 0. The van der Waals surface area contributed by atoms with Gasteiger partial charge in [-0.2, -0.15) is 0 Å². The third kappa shape index (κ3) is 5.46. The Morgan fingerprint density at radius 1 is 1.20 bits per heavy atom. The molecule has 0 saturated heterocycles. The minimum Gasteiger partial charge on any atom is -0.352 e. The topological polar surface area (TPSA) is 49.3 Å². The van der Waals surface area contributed by atoms with Crippen molar-refractivity contribution in [3.63, 3.8) is 0 Å². The van der Waals surface area contributed by atoms with Crippen molar-refractivity contribution < 1.29 is 0 Å². The summed E-state index contributed by atoms with van der Waals surface area (Å²) in [5, 5.41) is 6.53. The van der Waals surface area contributed by atoms with Crippen LogP contribution in [0.5, 0.6) is 0 Å². The third-order valence-corrected chi connectivity index (χ3v) is 3.61. The number of pyridine rings is 1. The number of aryl methyl sites for hydroxylation is 1. The molecule has 0 aliphatic carbocycles. The maximum absolute atomic E-state index is 4.26. The van der Waals surface area contributed by atoms with Gasteiger partial charge < -0.3 is 10.6 Å². The van der Waals surface area contributed by atoms with E-state index in [9.17, 15) is 0 Å². The minimum absolute atomic E-state index is 0. The van der Waals surface area contributed by atoms with E-state index in [0.717, 1.165) is 18.2 Å². The van der Waals surface area contributed by atoms with Crippen LogP contribution >= 0.6 is 35.3 Å². The summed E-state index contributed by atoms with van der Waals surface area (Å²) in [7, 11) is 1.77. The van der Waals surface area contributed by atoms with Gasteiger partial charge in [0.25, 0.3) is 0 Å². The number of hydrogen-bond acceptors (Lipinski definition) is 3. The molecule has 20 heavy (non-hydrogen) atoms. The fraction of sp³-hybridized carbons (Fsp3) is 0.286. The summed E-state index contributed by atoms with van der Waals surface area (Å²) in [6.07, 6.45) is 1.79. The molecule has 2 aromatic rings. The molecule has 0 aromatic carbocycles. The second-order valence-corrected chi connectivity index (χ2v) is 5.49. The van der Waals surface area contributed by atoms with Gasteiger partial charge in [-0.25, -0.2) is 0 Å². The Kier molecular flexibility index (Phi) is 7.53. The Labute approximate surface area is 140 Å². The van der Waals surface area contributed by atoms with Gasteiger partial charge in [-0.15, -0.1) is 35.3 Å². The SMILES string of the molecule is CN=C(NCc1ccccn1)NCc1ccc(C)s1.I. The summed E-state index contributed by atoms with van der Waals surface area (Å²) >= 11 is 1.80. The van der Waals surface area contributed by atoms with Crippen LogP contribution in [-0.4, -0.2) is 18.0 Å². The van der Waals surface area contributed by atoms with Crippen molar-refractivity contribution in [3.05, 3.63) is 52.0 Å². The van der Waals surface area contributed by atoms with E-state index in [2.05, 4.69) is 39.7 Å². The van der Waals surface area contributed by atoms with Crippen LogP contribution in [0.4, 0.5) is 0 Å². The highest BCUT2D eigenvalue weighted by Gasteiger charge is 2.00. The largest absolute Gasteiger partial charge is 0.352 e. The van der Waals surface area contributed by atoms with Crippen LogP contribution in [0, 0.1) is 6.92 Å². The van der Waals surface area contributed by atoms with Crippen molar-refractivity contribution >= 4 is 41.3 Å². The standard InChI is InChI=1S/C14H18N4S.HI/c1-11-6-7-13(19-11)10-18-14(15-2)17-9-12-5-3-4-8-16-12;/h3-8H,9-10H2,1-2H3,(H2,15,17,18);1H. The van der Waals surface area contributed by atoms with E-state index < -0.39 is 0 Å². The van der Waals surface area contributed by atoms with Crippen LogP contribution in [0.15, 0.2) is 41.5 Å². The summed E-state index contributed by atoms with van der Waals surface area (Å²) in [6, 6.07) is 10.2. The summed E-state index contributed by atoms with van der Waals surface area (Å²) in [6.45, 7) is 3.58. The smallest absolute Gasteiger partial charge is 0.191 e. The zero-order valence-electron chi connectivity index (χ0n) is 11.6. The molecular formula is C14H19IN4S. The number of guanidine groups is 1. The third-order valence-electron chi connectivity index (χ3n) is 2.61. The van der Waals surface area contributed by atoms with Crippen LogP contribution < -0.4 is 10.6 Å². The van der Waals surface area contributed by atoms with Crippen molar-refractivity contribution in [2.24, 2.45) is 4.99 Å². The second-order valence-electron chi connectivity index (χ2n) is 4.11. The van der Waals surface area contributed by atoms with Crippen molar-refractivity contribution in [2.75, 3.05) is 7.05 Å². The molecular weight excluding hydrogens is 383 g/mol. The fourth-order valence-corrected chi connectivity index (χ4v) is 2.48. The van der Waals surface area contributed by atoms with Crippen molar-refractivity contribution in [1.29, 1.82) is 0 Å². The molecule has 0 amide bonds. The normalized spacial score (nSPS) is 10.8. The molecule has 4 nitrogen and oxygen atoms in total. The number of nitrogens with zero attached hydrogens (tertiary/aromatic N) is 2. The summed E-state index contributed by atoms with van der Waals surface area (Å²) in [4.78, 5) is 11.1. The number of halogens is 1. The fourth-order valence-electron chi connectivity index (χ4n) is 1.65. The molecule has 0 aliphatic rings. The van der Waals surface area contributed by atoms with Gasteiger partial charge in [-0.3, -0.25) is 9.98 Å². The van der Waals surface area contributed by atoms with E-state index in [-0.39, 0.29) is 24.0 Å². The van der Waals surface area contributed by atoms with E-state index >= 15 is 0 Å². The van der Waals surface area contributed by atoms with E-state index in [1.54, 1.807) is 24.6 Å². The lowest BCUT2D eigenvalue weighted by atomic mass is 10.3. The lowest BCUT2D eigenvalue weighted by Gasteiger charge is -2.10. The number of rotatable bonds is 4.